The lowest BCUT2D eigenvalue weighted by molar-refractivity contribution is -0.385. The number of benzene rings is 1. The van der Waals surface area contributed by atoms with Crippen molar-refractivity contribution in [2.24, 2.45) is 5.10 Å². The van der Waals surface area contributed by atoms with Crippen LogP contribution in [0.2, 0.25) is 0 Å². The Bertz CT molecular complexity index is 1030. The summed E-state index contributed by atoms with van der Waals surface area (Å²) in [5, 5.41) is 15.0. The summed E-state index contributed by atoms with van der Waals surface area (Å²) in [6.07, 6.45) is 4.36. The number of nitrogens with zero attached hydrogens (tertiary/aromatic N) is 3. The third kappa shape index (κ3) is 4.06. The van der Waals surface area contributed by atoms with Crippen molar-refractivity contribution in [2.75, 3.05) is 0 Å². The number of pyridine rings is 1. The Kier molecular flexibility index (Phi) is 5.07. The number of hydrogen-bond acceptors (Lipinski definition) is 6. The number of nitro benzene ring substituents is 1. The summed E-state index contributed by atoms with van der Waals surface area (Å²) in [6.45, 7) is 3.55. The van der Waals surface area contributed by atoms with Gasteiger partial charge >= 0.3 is 0 Å². The number of amides is 1. The lowest BCUT2D eigenvalue weighted by Crippen LogP contribution is -2.17. The monoisotopic (exact) mass is 364 g/mol. The molecule has 0 fully saturated rings. The molecule has 136 valence electrons. The molecule has 3 aromatic rings. The van der Waals surface area contributed by atoms with Crippen LogP contribution < -0.4 is 5.43 Å². The van der Waals surface area contributed by atoms with Crippen LogP contribution in [0.25, 0.3) is 11.3 Å². The van der Waals surface area contributed by atoms with Gasteiger partial charge in [-0.05, 0) is 49.7 Å². The van der Waals surface area contributed by atoms with Crippen molar-refractivity contribution in [1.82, 2.24) is 10.4 Å². The first kappa shape index (κ1) is 18.0. The molecule has 3 rings (SSSR count). The van der Waals surface area contributed by atoms with Crippen molar-refractivity contribution >= 4 is 17.8 Å². The minimum atomic E-state index is -0.419. The molecule has 1 aromatic carbocycles. The molecule has 0 bridgehead atoms. The van der Waals surface area contributed by atoms with Crippen molar-refractivity contribution in [3.05, 3.63) is 81.4 Å². The number of carbonyl (C=O) groups is 1. The summed E-state index contributed by atoms with van der Waals surface area (Å²) in [6, 6.07) is 9.88. The van der Waals surface area contributed by atoms with E-state index in [1.807, 2.05) is 6.92 Å². The smallest absolute Gasteiger partial charge is 0.273 e. The summed E-state index contributed by atoms with van der Waals surface area (Å²) in [4.78, 5) is 26.5. The van der Waals surface area contributed by atoms with Gasteiger partial charge in [-0.2, -0.15) is 5.10 Å². The van der Waals surface area contributed by atoms with Gasteiger partial charge in [-0.1, -0.05) is 0 Å². The molecule has 0 aliphatic heterocycles. The molecule has 8 heteroatoms. The first-order valence-corrected chi connectivity index (χ1v) is 8.05. The average molecular weight is 364 g/mol. The van der Waals surface area contributed by atoms with Gasteiger partial charge in [-0.3, -0.25) is 19.9 Å². The highest BCUT2D eigenvalue weighted by molar-refractivity contribution is 5.94. The fourth-order valence-corrected chi connectivity index (χ4v) is 2.59. The van der Waals surface area contributed by atoms with Crippen LogP contribution >= 0.6 is 0 Å². The lowest BCUT2D eigenvalue weighted by Gasteiger charge is -2.05. The highest BCUT2D eigenvalue weighted by atomic mass is 16.6. The Balaban J connectivity index is 1.76. The highest BCUT2D eigenvalue weighted by Crippen LogP contribution is 2.31. The van der Waals surface area contributed by atoms with Crippen LogP contribution in [0.15, 0.2) is 58.3 Å². The van der Waals surface area contributed by atoms with Crippen LogP contribution in [0.4, 0.5) is 5.69 Å². The molecule has 1 N–H and O–H groups in total. The van der Waals surface area contributed by atoms with Crippen molar-refractivity contribution in [3.63, 3.8) is 0 Å². The Morgan fingerprint density at radius 3 is 2.78 bits per heavy atom. The first-order chi connectivity index (χ1) is 13.0. The molecule has 0 saturated carbocycles. The number of hydrogen-bond donors (Lipinski definition) is 1. The Morgan fingerprint density at radius 1 is 1.26 bits per heavy atom. The molecule has 0 spiro atoms. The first-order valence-electron chi connectivity index (χ1n) is 8.05. The maximum Gasteiger partial charge on any atom is 0.273 e. The van der Waals surface area contributed by atoms with Crippen molar-refractivity contribution in [1.29, 1.82) is 0 Å². The van der Waals surface area contributed by atoms with Gasteiger partial charge in [-0.25, -0.2) is 5.43 Å². The molecule has 27 heavy (non-hydrogen) atoms. The number of furan rings is 1. The highest BCUT2D eigenvalue weighted by Gasteiger charge is 2.16. The predicted molar refractivity (Wildman–Crippen MR) is 99.6 cm³/mol. The van der Waals surface area contributed by atoms with Crippen LogP contribution in [-0.4, -0.2) is 22.0 Å². The quantitative estimate of drug-likeness (QED) is 0.422. The number of aromatic nitrogens is 1. The maximum atomic E-state index is 11.9. The van der Waals surface area contributed by atoms with E-state index in [2.05, 4.69) is 15.5 Å². The van der Waals surface area contributed by atoms with Crippen LogP contribution in [0, 0.1) is 24.0 Å². The summed E-state index contributed by atoms with van der Waals surface area (Å²) in [7, 11) is 0. The Labute approximate surface area is 154 Å². The minimum Gasteiger partial charge on any atom is -0.455 e. The van der Waals surface area contributed by atoms with Gasteiger partial charge < -0.3 is 4.42 Å². The van der Waals surface area contributed by atoms with Gasteiger partial charge in [0.15, 0.2) is 0 Å². The van der Waals surface area contributed by atoms with Crippen LogP contribution in [0.1, 0.15) is 27.2 Å². The molecule has 0 saturated heterocycles. The topological polar surface area (TPSA) is 111 Å². The predicted octanol–water partition coefficient (Wildman–Crippen LogP) is 3.63. The largest absolute Gasteiger partial charge is 0.455 e. The second-order valence-corrected chi connectivity index (χ2v) is 5.85. The van der Waals surface area contributed by atoms with Gasteiger partial charge in [0.1, 0.15) is 11.5 Å². The maximum absolute atomic E-state index is 11.9. The zero-order valence-electron chi connectivity index (χ0n) is 14.7. The van der Waals surface area contributed by atoms with E-state index in [1.165, 1.54) is 18.5 Å². The second kappa shape index (κ2) is 7.61. The van der Waals surface area contributed by atoms with Gasteiger partial charge in [0, 0.05) is 29.6 Å². The molecule has 8 nitrogen and oxygen atoms in total. The Morgan fingerprint density at radius 2 is 2.07 bits per heavy atom. The van der Waals surface area contributed by atoms with E-state index in [9.17, 15) is 14.9 Å². The van der Waals surface area contributed by atoms with Crippen molar-refractivity contribution in [2.45, 2.75) is 13.8 Å². The number of rotatable bonds is 5. The fourth-order valence-electron chi connectivity index (χ4n) is 2.59. The SMILES string of the molecule is Cc1cc(C)c([N+](=O)[O-])cc1-c1ccc(C=NNC(=O)c2cccnc2)o1. The third-order valence-electron chi connectivity index (χ3n) is 3.91. The zero-order chi connectivity index (χ0) is 19.4. The van der Waals surface area contributed by atoms with Gasteiger partial charge in [0.05, 0.1) is 16.7 Å². The standard InChI is InChI=1S/C19H16N4O4/c1-12-8-13(2)17(23(25)26)9-16(12)18-6-5-15(27-18)11-21-22-19(24)14-4-3-7-20-10-14/h3-11H,1-2H3,(H,22,24). The van der Waals surface area contributed by atoms with E-state index in [1.54, 1.807) is 43.5 Å². The van der Waals surface area contributed by atoms with Crippen LogP contribution in [0.3, 0.4) is 0 Å². The summed E-state index contributed by atoms with van der Waals surface area (Å²) in [5.41, 5.74) is 4.88. The fraction of sp³-hybridized carbons (Fsp3) is 0.105. The third-order valence-corrected chi connectivity index (χ3v) is 3.91. The van der Waals surface area contributed by atoms with Crippen LogP contribution in [-0.2, 0) is 0 Å². The molecule has 0 radical (unpaired) electrons. The molecular formula is C19H16N4O4. The Hall–Kier alpha value is -3.81. The normalized spacial score (nSPS) is 10.9. The number of hydrazone groups is 1. The minimum absolute atomic E-state index is 0.0333. The molecule has 2 heterocycles. The van der Waals surface area contributed by atoms with Crippen molar-refractivity contribution < 1.29 is 14.1 Å². The van der Waals surface area contributed by atoms with Crippen molar-refractivity contribution in [3.8, 4) is 11.3 Å². The lowest BCUT2D eigenvalue weighted by atomic mass is 10.0. The van der Waals surface area contributed by atoms with Crippen LogP contribution in [0.5, 0.6) is 0 Å². The van der Waals surface area contributed by atoms with Gasteiger partial charge in [0.25, 0.3) is 11.6 Å². The number of aryl methyl sites for hydroxylation is 2. The van der Waals surface area contributed by atoms with E-state index in [-0.39, 0.29) is 5.69 Å². The molecule has 1 amide bonds. The van der Waals surface area contributed by atoms with Gasteiger partial charge in [0.2, 0.25) is 0 Å². The number of nitro groups is 1. The molecule has 0 unspecified atom stereocenters. The van der Waals surface area contributed by atoms with E-state index < -0.39 is 10.8 Å². The zero-order valence-corrected chi connectivity index (χ0v) is 14.7. The molecule has 2 aromatic heterocycles. The van der Waals surface area contributed by atoms with E-state index >= 15 is 0 Å². The number of carbonyl (C=O) groups excluding carboxylic acids is 1. The average Bonchev–Trinajstić information content (AvgIpc) is 3.10. The van der Waals surface area contributed by atoms with E-state index in [0.717, 1.165) is 5.56 Å². The van der Waals surface area contributed by atoms with Gasteiger partial charge in [-0.15, -0.1) is 0 Å². The van der Waals surface area contributed by atoms with E-state index in [0.29, 0.717) is 28.2 Å². The molecule has 0 atom stereocenters. The summed E-state index contributed by atoms with van der Waals surface area (Å²) < 4.78 is 5.68. The van der Waals surface area contributed by atoms with E-state index in [4.69, 9.17) is 4.42 Å². The second-order valence-electron chi connectivity index (χ2n) is 5.85. The molecular weight excluding hydrogens is 348 g/mol. The molecule has 0 aliphatic rings. The number of nitrogens with one attached hydrogen (secondary N) is 1. The summed E-state index contributed by atoms with van der Waals surface area (Å²) in [5.74, 6) is 0.492. The summed E-state index contributed by atoms with van der Waals surface area (Å²) >= 11 is 0. The molecule has 0 aliphatic carbocycles.